The summed E-state index contributed by atoms with van der Waals surface area (Å²) >= 11 is -0.0278. The fourth-order valence-corrected chi connectivity index (χ4v) is 0. The van der Waals surface area contributed by atoms with Gasteiger partial charge in [0.05, 0.1) is 0 Å². The summed E-state index contributed by atoms with van der Waals surface area (Å²) in [4.78, 5) is 27.9. The molecule has 0 aromatic heterocycles. The first-order valence-corrected chi connectivity index (χ1v) is 3.67. The largest absolute Gasteiger partial charge is 1.00 e. The fraction of sp³-hybridized carbons (Fsp3) is 0. The van der Waals surface area contributed by atoms with Gasteiger partial charge in [-0.25, -0.2) is 0 Å². The van der Waals surface area contributed by atoms with Crippen LogP contribution in [0.1, 0.15) is 0 Å². The van der Waals surface area contributed by atoms with Crippen LogP contribution in [0.2, 0.25) is 0 Å². The minimum absolute atomic E-state index is 0. The number of rotatable bonds is 1. The molecular formula is H2AlNa3O4Si. The summed E-state index contributed by atoms with van der Waals surface area (Å²) in [5.74, 6) is 0. The summed E-state index contributed by atoms with van der Waals surface area (Å²) in [6, 6.07) is 0. The maximum Gasteiger partial charge on any atom is 1.00 e. The minimum Gasteiger partial charge on any atom is -0.863 e. The number of hydrogen-bond donors (Lipinski definition) is 0. The van der Waals surface area contributed by atoms with E-state index in [0.717, 1.165) is 0 Å². The third kappa shape index (κ3) is 24.5. The second-order valence-electron chi connectivity index (χ2n) is 0.704. The molecule has 0 aliphatic carbocycles. The molecule has 0 saturated heterocycles. The molecule has 4 nitrogen and oxygen atoms in total. The topological polar surface area (TPSA) is 78.4 Å². The van der Waals surface area contributed by atoms with Gasteiger partial charge in [-0.15, -0.1) is 0 Å². The van der Waals surface area contributed by atoms with Gasteiger partial charge in [-0.1, -0.05) is 0 Å². The van der Waals surface area contributed by atoms with Crippen molar-refractivity contribution in [2.45, 2.75) is 0 Å². The molecule has 0 amide bonds. The van der Waals surface area contributed by atoms with E-state index in [4.69, 9.17) is 0 Å². The van der Waals surface area contributed by atoms with E-state index in [2.05, 4.69) is 3.48 Å². The van der Waals surface area contributed by atoms with E-state index in [1.165, 1.54) is 0 Å². The first-order valence-electron chi connectivity index (χ1n) is 1.22. The first kappa shape index (κ1) is 22.9. The predicted octanol–water partition coefficient (Wildman–Crippen LogP) is -13.9. The summed E-state index contributed by atoms with van der Waals surface area (Å²) < 4.78 is 3.55. The van der Waals surface area contributed by atoms with E-state index in [1.807, 2.05) is 0 Å². The Morgan fingerprint density at radius 3 is 1.11 bits per heavy atom. The van der Waals surface area contributed by atoms with Gasteiger partial charge in [-0.3, -0.25) is 0 Å². The van der Waals surface area contributed by atoms with E-state index < -0.39 is 9.05 Å². The van der Waals surface area contributed by atoms with Crippen molar-refractivity contribution in [1.82, 2.24) is 0 Å². The van der Waals surface area contributed by atoms with Crippen LogP contribution in [-0.4, -0.2) is 25.7 Å². The van der Waals surface area contributed by atoms with Crippen LogP contribution in [0.5, 0.6) is 0 Å². The molecule has 36 valence electrons. The van der Waals surface area contributed by atoms with Crippen molar-refractivity contribution in [3.63, 3.8) is 0 Å². The Labute approximate surface area is 129 Å². The molecular weight excluding hydrogens is 188 g/mol. The van der Waals surface area contributed by atoms with E-state index in [0.29, 0.717) is 0 Å². The van der Waals surface area contributed by atoms with Crippen LogP contribution in [0.3, 0.4) is 0 Å². The van der Waals surface area contributed by atoms with Crippen LogP contribution >= 0.6 is 0 Å². The maximum absolute atomic E-state index is 9.31. The first-order chi connectivity index (χ1) is 2.56. The van der Waals surface area contributed by atoms with Crippen LogP contribution in [0.4, 0.5) is 0 Å². The molecule has 0 N–H and O–H groups in total. The van der Waals surface area contributed by atoms with Gasteiger partial charge in [0.1, 0.15) is 0 Å². The van der Waals surface area contributed by atoms with Gasteiger partial charge in [-0.2, -0.15) is 9.05 Å². The smallest absolute Gasteiger partial charge is 0.863 e. The fourth-order valence-electron chi connectivity index (χ4n) is 0. The van der Waals surface area contributed by atoms with Gasteiger partial charge in [-0.05, 0) is 0 Å². The molecule has 0 fully saturated rings. The minimum atomic E-state index is -4.82. The molecule has 0 aromatic rings. The molecule has 0 spiro atoms. The van der Waals surface area contributed by atoms with Crippen LogP contribution in [0, 0.1) is 0 Å². The van der Waals surface area contributed by atoms with E-state index in [-0.39, 0.29) is 105 Å². The van der Waals surface area contributed by atoms with Crippen molar-refractivity contribution >= 4 is 25.7 Å². The standard InChI is InChI=1S/Al.3Na.O4Si.2H/c;;;;1-5(2,3)4;;/q4*+1;-4;;. The Hall–Kier alpha value is 3.59. The quantitative estimate of drug-likeness (QED) is 0.384. The molecule has 0 aliphatic rings. The van der Waals surface area contributed by atoms with Crippen LogP contribution in [0.15, 0.2) is 0 Å². The third-order valence-corrected chi connectivity index (χ3v) is 2.25. The van der Waals surface area contributed by atoms with E-state index in [1.54, 1.807) is 0 Å². The van der Waals surface area contributed by atoms with Gasteiger partial charge in [0.2, 0.25) is 0 Å². The second-order valence-corrected chi connectivity index (χ2v) is 3.34. The van der Waals surface area contributed by atoms with Crippen molar-refractivity contribution in [3.8, 4) is 0 Å². The second kappa shape index (κ2) is 11.6. The Morgan fingerprint density at radius 2 is 1.11 bits per heavy atom. The van der Waals surface area contributed by atoms with Crippen LogP contribution in [0.25, 0.3) is 0 Å². The molecule has 0 bridgehead atoms. The summed E-state index contributed by atoms with van der Waals surface area (Å²) in [6.45, 7) is 0. The molecule has 0 unspecified atom stereocenters. The molecule has 9 heavy (non-hydrogen) atoms. The zero-order chi connectivity index (χ0) is 5.21. The van der Waals surface area contributed by atoms with Crippen molar-refractivity contribution in [1.29, 1.82) is 0 Å². The SMILES string of the molecule is [Na+].[Na+].[Na+].[O-][Si]([O-])([O-])[O][AlH2]. The maximum atomic E-state index is 9.31. The van der Waals surface area contributed by atoms with E-state index >= 15 is 0 Å². The molecule has 0 atom stereocenters. The molecule has 0 radical (unpaired) electrons. The monoisotopic (exact) mass is 190 g/mol. The average molecular weight is 190 g/mol. The van der Waals surface area contributed by atoms with Crippen molar-refractivity contribution in [2.24, 2.45) is 0 Å². The van der Waals surface area contributed by atoms with E-state index in [9.17, 15) is 14.4 Å². The molecule has 0 aliphatic heterocycles. The third-order valence-electron chi connectivity index (χ3n) is 0.250. The van der Waals surface area contributed by atoms with Crippen LogP contribution < -0.4 is 103 Å². The van der Waals surface area contributed by atoms with Crippen molar-refractivity contribution in [2.75, 3.05) is 0 Å². The summed E-state index contributed by atoms with van der Waals surface area (Å²) in [5.41, 5.74) is 0. The van der Waals surface area contributed by atoms with Gasteiger partial charge >= 0.3 is 105 Å². The normalized spacial score (nSPS) is 7.89. The Balaban J connectivity index is -0.0000000417. The Bertz CT molecular complexity index is 45.6. The Morgan fingerprint density at radius 1 is 1.00 bits per heavy atom. The van der Waals surface area contributed by atoms with Gasteiger partial charge < -0.3 is 17.9 Å². The van der Waals surface area contributed by atoms with Crippen LogP contribution in [-0.2, 0) is 3.48 Å². The molecule has 0 aromatic carbocycles. The zero-order valence-electron chi connectivity index (χ0n) is 6.13. The average Bonchev–Trinajstić information content (AvgIpc) is 1.35. The molecule has 9 heteroatoms. The van der Waals surface area contributed by atoms with Gasteiger partial charge in [0.15, 0.2) is 0 Å². The molecule has 0 heterocycles. The van der Waals surface area contributed by atoms with Gasteiger partial charge in [0, 0.05) is 0 Å². The molecule has 0 saturated carbocycles. The zero-order valence-corrected chi connectivity index (χ0v) is 15.1. The Kier molecular flexibility index (Phi) is 29.5. The summed E-state index contributed by atoms with van der Waals surface area (Å²) in [6.07, 6.45) is 0. The molecule has 0 rings (SSSR count). The predicted molar refractivity (Wildman–Crippen MR) is 15.4 cm³/mol. The van der Waals surface area contributed by atoms with Gasteiger partial charge in [0.25, 0.3) is 0 Å². The number of hydrogen-bond acceptors (Lipinski definition) is 4. The summed E-state index contributed by atoms with van der Waals surface area (Å²) in [5, 5.41) is 0. The summed E-state index contributed by atoms with van der Waals surface area (Å²) in [7, 11) is -4.82. The van der Waals surface area contributed by atoms with Crippen molar-refractivity contribution in [3.05, 3.63) is 0 Å². The van der Waals surface area contributed by atoms with Crippen molar-refractivity contribution < 1.29 is 107 Å².